The number of nitrogens with zero attached hydrogens (tertiary/aromatic N) is 2. The van der Waals surface area contributed by atoms with Crippen molar-refractivity contribution >= 4 is 10.0 Å². The Hall–Kier alpha value is -0.600. The molecule has 0 aromatic carbocycles. The monoisotopic (exact) mass is 244 g/mol. The lowest BCUT2D eigenvalue weighted by Crippen LogP contribution is -2.44. The summed E-state index contributed by atoms with van der Waals surface area (Å²) in [6.45, 7) is 2.70. The maximum atomic E-state index is 12.0. The number of sulfonamides is 1. The molecular formula is C11H20N2O2S. The number of rotatable bonds is 5. The molecule has 1 aliphatic heterocycles. The number of nitriles is 1. The lowest BCUT2D eigenvalue weighted by molar-refractivity contribution is 0.246. The first-order valence-electron chi connectivity index (χ1n) is 5.98. The maximum Gasteiger partial charge on any atom is 0.214 e. The Balaban J connectivity index is 2.62. The van der Waals surface area contributed by atoms with Crippen molar-refractivity contribution in [3.8, 4) is 6.07 Å². The second-order valence-corrected chi connectivity index (χ2v) is 6.29. The van der Waals surface area contributed by atoms with E-state index in [-0.39, 0.29) is 11.8 Å². The molecule has 0 aliphatic carbocycles. The van der Waals surface area contributed by atoms with Gasteiger partial charge >= 0.3 is 0 Å². The van der Waals surface area contributed by atoms with Crippen molar-refractivity contribution in [2.45, 2.75) is 51.5 Å². The van der Waals surface area contributed by atoms with Gasteiger partial charge in [0.15, 0.2) is 0 Å². The molecule has 5 heteroatoms. The summed E-state index contributed by atoms with van der Waals surface area (Å²) in [6.07, 6.45) is 4.73. The highest BCUT2D eigenvalue weighted by molar-refractivity contribution is 7.89. The van der Waals surface area contributed by atoms with Gasteiger partial charge in [0.2, 0.25) is 10.0 Å². The lowest BCUT2D eigenvalue weighted by atomic mass is 10.0. The fourth-order valence-electron chi connectivity index (χ4n) is 2.20. The first-order chi connectivity index (χ1) is 7.61. The van der Waals surface area contributed by atoms with Crippen LogP contribution in [0.4, 0.5) is 0 Å². The largest absolute Gasteiger partial charge is 0.214 e. The number of hydrogen-bond donors (Lipinski definition) is 0. The third-order valence-corrected chi connectivity index (χ3v) is 5.09. The minimum absolute atomic E-state index is 0.122. The summed E-state index contributed by atoms with van der Waals surface area (Å²) < 4.78 is 25.8. The second kappa shape index (κ2) is 6.21. The van der Waals surface area contributed by atoms with Crippen molar-refractivity contribution in [3.05, 3.63) is 0 Å². The van der Waals surface area contributed by atoms with Crippen LogP contribution in [0.15, 0.2) is 0 Å². The van der Waals surface area contributed by atoms with E-state index < -0.39 is 10.0 Å². The van der Waals surface area contributed by atoms with Gasteiger partial charge in [-0.05, 0) is 25.7 Å². The first-order valence-corrected chi connectivity index (χ1v) is 7.59. The minimum atomic E-state index is -3.13. The molecule has 0 saturated carbocycles. The van der Waals surface area contributed by atoms with E-state index >= 15 is 0 Å². The van der Waals surface area contributed by atoms with Gasteiger partial charge in [0, 0.05) is 19.0 Å². The summed E-state index contributed by atoms with van der Waals surface area (Å²) in [5.74, 6) is 0.122. The molecule has 16 heavy (non-hydrogen) atoms. The second-order valence-electron chi connectivity index (χ2n) is 4.25. The molecule has 4 nitrogen and oxygen atoms in total. The van der Waals surface area contributed by atoms with Crippen molar-refractivity contribution in [2.75, 3.05) is 12.3 Å². The Labute approximate surface area is 98.3 Å². The van der Waals surface area contributed by atoms with Crippen LogP contribution in [0.2, 0.25) is 0 Å². The standard InChI is InChI=1S/C11H20N2O2S/c1-2-11-7-3-5-9-13(11)16(14,15)10-6-4-8-12/h11H,2-7,9-10H2,1H3. The van der Waals surface area contributed by atoms with Crippen LogP contribution in [0.5, 0.6) is 0 Å². The predicted molar refractivity (Wildman–Crippen MR) is 63.3 cm³/mol. The van der Waals surface area contributed by atoms with Crippen molar-refractivity contribution in [1.29, 1.82) is 5.26 Å². The van der Waals surface area contributed by atoms with E-state index in [4.69, 9.17) is 5.26 Å². The molecule has 0 amide bonds. The molecule has 0 N–H and O–H groups in total. The van der Waals surface area contributed by atoms with E-state index in [9.17, 15) is 8.42 Å². The predicted octanol–water partition coefficient (Wildman–Crippen LogP) is 1.88. The molecule has 0 spiro atoms. The van der Waals surface area contributed by atoms with Crippen molar-refractivity contribution < 1.29 is 8.42 Å². The van der Waals surface area contributed by atoms with Crippen LogP contribution in [0.3, 0.4) is 0 Å². The lowest BCUT2D eigenvalue weighted by Gasteiger charge is -2.34. The van der Waals surface area contributed by atoms with Crippen LogP contribution < -0.4 is 0 Å². The molecule has 1 atom stereocenters. The van der Waals surface area contributed by atoms with Gasteiger partial charge in [-0.2, -0.15) is 9.57 Å². The van der Waals surface area contributed by atoms with Gasteiger partial charge in [-0.3, -0.25) is 0 Å². The third-order valence-electron chi connectivity index (χ3n) is 3.09. The van der Waals surface area contributed by atoms with Crippen LogP contribution in [0, 0.1) is 11.3 Å². The molecule has 1 saturated heterocycles. The van der Waals surface area contributed by atoms with Gasteiger partial charge in [0.25, 0.3) is 0 Å². The average Bonchev–Trinajstić information content (AvgIpc) is 2.29. The van der Waals surface area contributed by atoms with Crippen LogP contribution in [0.25, 0.3) is 0 Å². The Morgan fingerprint density at radius 2 is 2.19 bits per heavy atom. The van der Waals surface area contributed by atoms with Crippen molar-refractivity contribution in [3.63, 3.8) is 0 Å². The van der Waals surface area contributed by atoms with Gasteiger partial charge < -0.3 is 0 Å². The fourth-order valence-corrected chi connectivity index (χ4v) is 4.06. The van der Waals surface area contributed by atoms with E-state index in [1.807, 2.05) is 13.0 Å². The van der Waals surface area contributed by atoms with Crippen LogP contribution >= 0.6 is 0 Å². The minimum Gasteiger partial charge on any atom is -0.212 e. The maximum absolute atomic E-state index is 12.0. The zero-order chi connectivity index (χ0) is 12.0. The van der Waals surface area contributed by atoms with Crippen molar-refractivity contribution in [2.24, 2.45) is 0 Å². The van der Waals surface area contributed by atoms with Crippen LogP contribution in [0.1, 0.15) is 45.4 Å². The van der Waals surface area contributed by atoms with Gasteiger partial charge in [-0.15, -0.1) is 0 Å². The van der Waals surface area contributed by atoms with Gasteiger partial charge in [0.05, 0.1) is 11.8 Å². The molecule has 1 unspecified atom stereocenters. The molecule has 0 aromatic heterocycles. The quantitative estimate of drug-likeness (QED) is 0.694. The fraction of sp³-hybridized carbons (Fsp3) is 0.909. The normalized spacial score (nSPS) is 22.9. The molecule has 1 heterocycles. The number of unbranched alkanes of at least 4 members (excludes halogenated alkanes) is 1. The summed E-state index contributed by atoms with van der Waals surface area (Å²) in [4.78, 5) is 0. The molecule has 0 bridgehead atoms. The highest BCUT2D eigenvalue weighted by atomic mass is 32.2. The molecule has 1 rings (SSSR count). The zero-order valence-electron chi connectivity index (χ0n) is 9.85. The van der Waals surface area contributed by atoms with E-state index in [0.29, 0.717) is 19.4 Å². The van der Waals surface area contributed by atoms with Crippen LogP contribution in [-0.4, -0.2) is 31.1 Å². The summed E-state index contributed by atoms with van der Waals surface area (Å²) in [5, 5.41) is 8.41. The SMILES string of the molecule is CCC1CCCCN1S(=O)(=O)CCCC#N. The number of hydrogen-bond acceptors (Lipinski definition) is 3. The topological polar surface area (TPSA) is 61.2 Å². The molecule has 92 valence electrons. The Morgan fingerprint density at radius 3 is 2.81 bits per heavy atom. The first kappa shape index (κ1) is 13.5. The van der Waals surface area contributed by atoms with Crippen LogP contribution in [-0.2, 0) is 10.0 Å². The van der Waals surface area contributed by atoms with E-state index in [1.54, 1.807) is 4.31 Å². The highest BCUT2D eigenvalue weighted by Gasteiger charge is 2.30. The molecular weight excluding hydrogens is 224 g/mol. The highest BCUT2D eigenvalue weighted by Crippen LogP contribution is 2.23. The van der Waals surface area contributed by atoms with E-state index in [1.165, 1.54) is 0 Å². The van der Waals surface area contributed by atoms with E-state index in [0.717, 1.165) is 25.7 Å². The molecule has 0 radical (unpaired) electrons. The Morgan fingerprint density at radius 1 is 1.44 bits per heavy atom. The van der Waals surface area contributed by atoms with Gasteiger partial charge in [-0.1, -0.05) is 13.3 Å². The molecule has 1 fully saturated rings. The third kappa shape index (κ3) is 3.46. The summed E-state index contributed by atoms with van der Waals surface area (Å²) in [5.41, 5.74) is 0. The Kier molecular flexibility index (Phi) is 5.23. The van der Waals surface area contributed by atoms with E-state index in [2.05, 4.69) is 0 Å². The molecule has 1 aliphatic rings. The zero-order valence-corrected chi connectivity index (χ0v) is 10.7. The molecule has 0 aromatic rings. The summed E-state index contributed by atoms with van der Waals surface area (Å²) >= 11 is 0. The van der Waals surface area contributed by atoms with Crippen molar-refractivity contribution in [1.82, 2.24) is 4.31 Å². The average molecular weight is 244 g/mol. The number of piperidine rings is 1. The summed E-state index contributed by atoms with van der Waals surface area (Å²) in [7, 11) is -3.13. The summed E-state index contributed by atoms with van der Waals surface area (Å²) in [6, 6.07) is 2.17. The van der Waals surface area contributed by atoms with Gasteiger partial charge in [-0.25, -0.2) is 8.42 Å². The smallest absolute Gasteiger partial charge is 0.212 e. The van der Waals surface area contributed by atoms with Gasteiger partial charge in [0.1, 0.15) is 0 Å². The Bertz CT molecular complexity index is 345.